The first kappa shape index (κ1) is 24.1. The van der Waals surface area contributed by atoms with Gasteiger partial charge in [-0.2, -0.15) is 5.10 Å². The molecule has 10 heteroatoms. The Morgan fingerprint density at radius 2 is 1.93 bits per heavy atom. The van der Waals surface area contributed by atoms with Crippen LogP contribution in [0.3, 0.4) is 0 Å². The van der Waals surface area contributed by atoms with Crippen molar-refractivity contribution in [1.82, 2.24) is 20.4 Å². The van der Waals surface area contributed by atoms with E-state index in [0.717, 1.165) is 24.4 Å². The third-order valence-corrected chi connectivity index (χ3v) is 3.81. The summed E-state index contributed by atoms with van der Waals surface area (Å²) in [7, 11) is 1.61. The summed E-state index contributed by atoms with van der Waals surface area (Å²) in [5.41, 5.74) is 2.48. The van der Waals surface area contributed by atoms with E-state index in [1.54, 1.807) is 19.2 Å². The van der Waals surface area contributed by atoms with Gasteiger partial charge >= 0.3 is 6.36 Å². The highest BCUT2D eigenvalue weighted by Gasteiger charge is 2.31. The van der Waals surface area contributed by atoms with Gasteiger partial charge in [-0.15, -0.1) is 37.1 Å². The molecule has 0 radical (unpaired) electrons. The topological polar surface area (TPSA) is 63.5 Å². The van der Waals surface area contributed by atoms with Gasteiger partial charge in [0.15, 0.2) is 5.96 Å². The highest BCUT2D eigenvalue weighted by Crippen LogP contribution is 2.25. The van der Waals surface area contributed by atoms with Gasteiger partial charge in [-0.05, 0) is 32.4 Å². The Labute approximate surface area is 179 Å². The third-order valence-electron chi connectivity index (χ3n) is 3.81. The zero-order valence-corrected chi connectivity index (χ0v) is 18.3. The number of halogens is 4. The number of para-hydroxylation sites is 1. The Bertz CT molecular complexity index is 777. The second-order valence-corrected chi connectivity index (χ2v) is 6.01. The van der Waals surface area contributed by atoms with Crippen LogP contribution in [0, 0.1) is 13.8 Å². The standard InChI is InChI=1S/C18H24F3N5O.HI/c1-13-11-14(2)26(25-13)10-6-9-23-17(22-3)24-12-15-7-4-5-8-16(15)27-18(19,20)21;/h4-5,7-8,11H,6,9-10,12H2,1-3H3,(H2,22,23,24);1H. The minimum Gasteiger partial charge on any atom is -0.405 e. The van der Waals surface area contributed by atoms with Gasteiger partial charge in [-0.25, -0.2) is 0 Å². The van der Waals surface area contributed by atoms with Gasteiger partial charge in [-0.3, -0.25) is 9.67 Å². The number of alkyl halides is 3. The summed E-state index contributed by atoms with van der Waals surface area (Å²) in [4.78, 5) is 4.08. The molecule has 1 heterocycles. The fourth-order valence-electron chi connectivity index (χ4n) is 2.61. The molecule has 6 nitrogen and oxygen atoms in total. The van der Waals surface area contributed by atoms with E-state index in [1.165, 1.54) is 12.1 Å². The molecule has 1 aromatic carbocycles. The maximum atomic E-state index is 12.5. The number of aryl methyl sites for hydroxylation is 3. The van der Waals surface area contributed by atoms with Crippen molar-refractivity contribution in [3.8, 4) is 5.75 Å². The highest BCUT2D eigenvalue weighted by molar-refractivity contribution is 14.0. The van der Waals surface area contributed by atoms with E-state index in [2.05, 4.69) is 25.5 Å². The third kappa shape index (κ3) is 7.95. The quantitative estimate of drug-likeness (QED) is 0.257. The molecular formula is C18H25F3IN5O. The number of guanidine groups is 1. The molecule has 0 fully saturated rings. The first-order valence-electron chi connectivity index (χ1n) is 8.57. The van der Waals surface area contributed by atoms with Gasteiger partial charge in [-0.1, -0.05) is 18.2 Å². The van der Waals surface area contributed by atoms with Crippen molar-refractivity contribution in [2.24, 2.45) is 4.99 Å². The maximum absolute atomic E-state index is 12.5. The van der Waals surface area contributed by atoms with Crippen LogP contribution in [0.4, 0.5) is 13.2 Å². The Kier molecular flexibility index (Phi) is 9.56. The summed E-state index contributed by atoms with van der Waals surface area (Å²) in [5.74, 6) is 0.280. The minimum absolute atomic E-state index is 0. The molecule has 0 aliphatic rings. The van der Waals surface area contributed by atoms with Crippen molar-refractivity contribution in [3.63, 3.8) is 0 Å². The zero-order chi connectivity index (χ0) is 19.9. The van der Waals surface area contributed by atoms with Gasteiger partial charge in [0.05, 0.1) is 5.69 Å². The van der Waals surface area contributed by atoms with Crippen LogP contribution in [0.1, 0.15) is 23.4 Å². The largest absolute Gasteiger partial charge is 0.573 e. The number of ether oxygens (including phenoxy) is 1. The number of aliphatic imine (C=N–C) groups is 1. The average molecular weight is 511 g/mol. The second kappa shape index (κ2) is 11.1. The number of hydrogen-bond acceptors (Lipinski definition) is 3. The van der Waals surface area contributed by atoms with Crippen LogP contribution in [-0.4, -0.2) is 35.7 Å². The molecule has 0 unspecified atom stereocenters. The first-order valence-corrected chi connectivity index (χ1v) is 8.57. The monoisotopic (exact) mass is 511 g/mol. The zero-order valence-electron chi connectivity index (χ0n) is 16.0. The van der Waals surface area contributed by atoms with E-state index in [-0.39, 0.29) is 36.3 Å². The molecule has 0 atom stereocenters. The average Bonchev–Trinajstić information content (AvgIpc) is 2.91. The minimum atomic E-state index is -4.72. The number of nitrogens with zero attached hydrogens (tertiary/aromatic N) is 3. The van der Waals surface area contributed by atoms with E-state index < -0.39 is 6.36 Å². The molecule has 0 saturated carbocycles. The summed E-state index contributed by atoms with van der Waals surface area (Å²) in [5, 5.41) is 10.5. The number of hydrogen-bond donors (Lipinski definition) is 2. The molecule has 2 N–H and O–H groups in total. The fourth-order valence-corrected chi connectivity index (χ4v) is 2.61. The summed E-state index contributed by atoms with van der Waals surface area (Å²) in [6.07, 6.45) is -3.89. The van der Waals surface area contributed by atoms with Gasteiger partial charge < -0.3 is 15.4 Å². The molecular weight excluding hydrogens is 486 g/mol. The van der Waals surface area contributed by atoms with Crippen LogP contribution in [0.25, 0.3) is 0 Å². The van der Waals surface area contributed by atoms with Gasteiger partial charge in [0.25, 0.3) is 0 Å². The van der Waals surface area contributed by atoms with Crippen LogP contribution in [0.15, 0.2) is 35.3 Å². The van der Waals surface area contributed by atoms with Gasteiger partial charge in [0.1, 0.15) is 5.75 Å². The lowest BCUT2D eigenvalue weighted by atomic mass is 10.2. The van der Waals surface area contributed by atoms with Crippen molar-refractivity contribution in [3.05, 3.63) is 47.3 Å². The van der Waals surface area contributed by atoms with Crippen molar-refractivity contribution in [1.29, 1.82) is 0 Å². The molecule has 0 saturated heterocycles. The van der Waals surface area contributed by atoms with E-state index in [9.17, 15) is 13.2 Å². The molecule has 0 bridgehead atoms. The van der Waals surface area contributed by atoms with Gasteiger partial charge in [0.2, 0.25) is 0 Å². The molecule has 0 aliphatic carbocycles. The smallest absolute Gasteiger partial charge is 0.405 e. The van der Waals surface area contributed by atoms with Crippen LogP contribution in [-0.2, 0) is 13.1 Å². The molecule has 1 aromatic heterocycles. The number of aromatic nitrogens is 2. The summed E-state index contributed by atoms with van der Waals surface area (Å²) < 4.78 is 43.4. The Balaban J connectivity index is 0.00000392. The number of nitrogens with one attached hydrogen (secondary N) is 2. The van der Waals surface area contributed by atoms with E-state index in [0.29, 0.717) is 18.1 Å². The van der Waals surface area contributed by atoms with Crippen LogP contribution >= 0.6 is 24.0 Å². The Morgan fingerprint density at radius 1 is 1.21 bits per heavy atom. The van der Waals surface area contributed by atoms with Crippen molar-refractivity contribution >= 4 is 29.9 Å². The van der Waals surface area contributed by atoms with Crippen molar-refractivity contribution < 1.29 is 17.9 Å². The van der Waals surface area contributed by atoms with E-state index in [4.69, 9.17) is 0 Å². The first-order chi connectivity index (χ1) is 12.8. The normalized spacial score (nSPS) is 11.7. The lowest BCUT2D eigenvalue weighted by Gasteiger charge is -2.15. The fraction of sp³-hybridized carbons (Fsp3) is 0.444. The van der Waals surface area contributed by atoms with E-state index in [1.807, 2.05) is 24.6 Å². The molecule has 28 heavy (non-hydrogen) atoms. The summed E-state index contributed by atoms with van der Waals surface area (Å²) in [6, 6.07) is 8.04. The van der Waals surface area contributed by atoms with Crippen LogP contribution in [0.2, 0.25) is 0 Å². The molecule has 2 rings (SSSR count). The predicted molar refractivity (Wildman–Crippen MR) is 113 cm³/mol. The lowest BCUT2D eigenvalue weighted by Crippen LogP contribution is -2.37. The van der Waals surface area contributed by atoms with Crippen molar-refractivity contribution in [2.75, 3.05) is 13.6 Å². The van der Waals surface area contributed by atoms with Crippen LogP contribution < -0.4 is 15.4 Å². The highest BCUT2D eigenvalue weighted by atomic mass is 127. The molecule has 0 aliphatic heterocycles. The Morgan fingerprint density at radius 3 is 2.54 bits per heavy atom. The Hall–Kier alpha value is -1.98. The summed E-state index contributed by atoms with van der Waals surface area (Å²) >= 11 is 0. The molecule has 0 amide bonds. The molecule has 0 spiro atoms. The summed E-state index contributed by atoms with van der Waals surface area (Å²) in [6.45, 7) is 5.54. The van der Waals surface area contributed by atoms with Crippen molar-refractivity contribution in [2.45, 2.75) is 39.7 Å². The lowest BCUT2D eigenvalue weighted by molar-refractivity contribution is -0.274. The molecule has 2 aromatic rings. The van der Waals surface area contributed by atoms with E-state index >= 15 is 0 Å². The number of benzene rings is 1. The SMILES string of the molecule is CN=C(NCCCn1nc(C)cc1C)NCc1ccccc1OC(F)(F)F.I. The maximum Gasteiger partial charge on any atom is 0.573 e. The predicted octanol–water partition coefficient (Wildman–Crippen LogP) is 3.77. The molecule has 156 valence electrons. The number of rotatable bonds is 7. The second-order valence-electron chi connectivity index (χ2n) is 6.01. The van der Waals surface area contributed by atoms with Crippen LogP contribution in [0.5, 0.6) is 5.75 Å². The van der Waals surface area contributed by atoms with Gasteiger partial charge in [0, 0.05) is 37.9 Å².